The van der Waals surface area contributed by atoms with Gasteiger partial charge in [0.1, 0.15) is 0 Å². The zero-order valence-corrected chi connectivity index (χ0v) is 6.84. The molecule has 1 fully saturated rings. The zero-order valence-electron chi connectivity index (χ0n) is 6.84. The molecule has 76 valence electrons. The number of ketones is 1. The molecule has 6 heteroatoms. The molecular formula is C7H10F3NO2. The van der Waals surface area contributed by atoms with E-state index in [1.165, 1.54) is 4.90 Å². The van der Waals surface area contributed by atoms with Crippen LogP contribution < -0.4 is 0 Å². The molecular weight excluding hydrogens is 187 g/mol. The average molecular weight is 197 g/mol. The maximum absolute atomic E-state index is 11.8. The second-order valence-electron chi connectivity index (χ2n) is 3.10. The molecule has 0 aromatic heterocycles. The molecule has 0 aromatic rings. The number of carbonyl (C=O) groups excluding carboxylic acids is 1. The van der Waals surface area contributed by atoms with Gasteiger partial charge in [-0.1, -0.05) is 0 Å². The smallest absolute Gasteiger partial charge is 0.392 e. The second-order valence-corrected chi connectivity index (χ2v) is 3.10. The summed E-state index contributed by atoms with van der Waals surface area (Å²) in [7, 11) is 0. The van der Waals surface area contributed by atoms with Gasteiger partial charge in [0.25, 0.3) is 0 Å². The van der Waals surface area contributed by atoms with E-state index in [1.54, 1.807) is 0 Å². The third-order valence-electron chi connectivity index (χ3n) is 1.93. The minimum atomic E-state index is -4.76. The quantitative estimate of drug-likeness (QED) is 0.686. The van der Waals surface area contributed by atoms with E-state index in [9.17, 15) is 18.0 Å². The van der Waals surface area contributed by atoms with Gasteiger partial charge in [-0.3, -0.25) is 9.69 Å². The fourth-order valence-corrected chi connectivity index (χ4v) is 1.25. The number of Topliss-reactive ketones (excluding diaryl/α,β-unsaturated/α-hetero) is 1. The Morgan fingerprint density at radius 3 is 2.54 bits per heavy atom. The highest BCUT2D eigenvalue weighted by atomic mass is 19.4. The van der Waals surface area contributed by atoms with Gasteiger partial charge in [-0.15, -0.1) is 0 Å². The first kappa shape index (κ1) is 10.5. The molecule has 0 unspecified atom stereocenters. The van der Waals surface area contributed by atoms with Crippen LogP contribution in [0.3, 0.4) is 0 Å². The molecule has 1 heterocycles. The van der Waals surface area contributed by atoms with Gasteiger partial charge in [-0.25, -0.2) is 0 Å². The third-order valence-corrected chi connectivity index (χ3v) is 1.93. The van der Waals surface area contributed by atoms with E-state index >= 15 is 0 Å². The Hall–Kier alpha value is -0.620. The van der Waals surface area contributed by atoms with Crippen molar-refractivity contribution in [1.82, 2.24) is 4.90 Å². The fourth-order valence-electron chi connectivity index (χ4n) is 1.25. The first-order valence-electron chi connectivity index (χ1n) is 3.90. The molecule has 1 saturated heterocycles. The highest BCUT2D eigenvalue weighted by molar-refractivity contribution is 5.85. The van der Waals surface area contributed by atoms with Gasteiger partial charge in [-0.2, -0.15) is 13.2 Å². The SMILES string of the molecule is O=C(CN1CC[C@H](O)C1)C(F)(F)F. The summed E-state index contributed by atoms with van der Waals surface area (Å²) in [4.78, 5) is 11.8. The number of aliphatic hydroxyl groups excluding tert-OH is 1. The summed E-state index contributed by atoms with van der Waals surface area (Å²) in [6.45, 7) is -0.134. The van der Waals surface area contributed by atoms with Crippen LogP contribution in [0.2, 0.25) is 0 Å². The number of nitrogens with zero attached hydrogens (tertiary/aromatic N) is 1. The molecule has 0 bridgehead atoms. The molecule has 1 aliphatic rings. The van der Waals surface area contributed by atoms with Gasteiger partial charge in [-0.05, 0) is 6.42 Å². The van der Waals surface area contributed by atoms with Crippen LogP contribution in [-0.2, 0) is 4.79 Å². The van der Waals surface area contributed by atoms with Crippen molar-refractivity contribution in [3.05, 3.63) is 0 Å². The van der Waals surface area contributed by atoms with Gasteiger partial charge in [0.15, 0.2) is 0 Å². The van der Waals surface area contributed by atoms with Crippen molar-refractivity contribution in [2.45, 2.75) is 18.7 Å². The molecule has 1 N–H and O–H groups in total. The lowest BCUT2D eigenvalue weighted by molar-refractivity contribution is -0.171. The molecule has 1 atom stereocenters. The van der Waals surface area contributed by atoms with Crippen LogP contribution in [0.25, 0.3) is 0 Å². The lowest BCUT2D eigenvalue weighted by atomic mass is 10.3. The Balaban J connectivity index is 2.37. The summed E-state index contributed by atoms with van der Waals surface area (Å²) in [5.41, 5.74) is 0. The molecule has 0 aliphatic carbocycles. The topological polar surface area (TPSA) is 40.5 Å². The second kappa shape index (κ2) is 3.63. The van der Waals surface area contributed by atoms with Crippen LogP contribution >= 0.6 is 0 Å². The number of likely N-dealkylation sites (tertiary alicyclic amines) is 1. The van der Waals surface area contributed by atoms with Crippen LogP contribution in [0.5, 0.6) is 0 Å². The van der Waals surface area contributed by atoms with Crippen molar-refractivity contribution < 1.29 is 23.1 Å². The minimum absolute atomic E-state index is 0.155. The van der Waals surface area contributed by atoms with E-state index in [1.807, 2.05) is 0 Å². The Labute approximate surface area is 73.1 Å². The summed E-state index contributed by atoms with van der Waals surface area (Å²) >= 11 is 0. The Morgan fingerprint density at radius 1 is 1.54 bits per heavy atom. The molecule has 1 rings (SSSR count). The lowest BCUT2D eigenvalue weighted by Gasteiger charge is -2.14. The summed E-state index contributed by atoms with van der Waals surface area (Å²) in [5, 5.41) is 8.98. The van der Waals surface area contributed by atoms with Gasteiger partial charge in [0.05, 0.1) is 12.6 Å². The molecule has 3 nitrogen and oxygen atoms in total. The van der Waals surface area contributed by atoms with Crippen LogP contribution in [-0.4, -0.2) is 47.7 Å². The Morgan fingerprint density at radius 2 is 2.15 bits per heavy atom. The molecule has 0 radical (unpaired) electrons. The predicted octanol–water partition coefficient (Wildman–Crippen LogP) is 0.184. The van der Waals surface area contributed by atoms with E-state index in [4.69, 9.17) is 5.11 Å². The van der Waals surface area contributed by atoms with E-state index < -0.39 is 24.6 Å². The largest absolute Gasteiger partial charge is 0.451 e. The lowest BCUT2D eigenvalue weighted by Crippen LogP contribution is -2.36. The van der Waals surface area contributed by atoms with Gasteiger partial charge in [0.2, 0.25) is 5.78 Å². The van der Waals surface area contributed by atoms with Crippen molar-refractivity contribution in [3.8, 4) is 0 Å². The number of carbonyl (C=O) groups is 1. The van der Waals surface area contributed by atoms with E-state index in [0.717, 1.165) is 0 Å². The van der Waals surface area contributed by atoms with Crippen molar-refractivity contribution in [2.75, 3.05) is 19.6 Å². The van der Waals surface area contributed by atoms with E-state index in [0.29, 0.717) is 13.0 Å². The van der Waals surface area contributed by atoms with Gasteiger partial charge in [0, 0.05) is 13.1 Å². The Kier molecular flexibility index (Phi) is 2.92. The van der Waals surface area contributed by atoms with Crippen LogP contribution in [0.4, 0.5) is 13.2 Å². The monoisotopic (exact) mass is 197 g/mol. The van der Waals surface area contributed by atoms with Crippen molar-refractivity contribution >= 4 is 5.78 Å². The third kappa shape index (κ3) is 2.96. The standard InChI is InChI=1S/C7H10F3NO2/c8-7(9,10)6(13)4-11-2-1-5(12)3-11/h5,12H,1-4H2/t5-/m0/s1. The highest BCUT2D eigenvalue weighted by Crippen LogP contribution is 2.18. The number of rotatable bonds is 2. The maximum atomic E-state index is 11.8. The summed E-state index contributed by atoms with van der Waals surface area (Å²) < 4.78 is 35.3. The van der Waals surface area contributed by atoms with E-state index in [-0.39, 0.29) is 6.54 Å². The molecule has 1 aliphatic heterocycles. The average Bonchev–Trinajstić information content (AvgIpc) is 2.33. The minimum Gasteiger partial charge on any atom is -0.392 e. The van der Waals surface area contributed by atoms with Crippen LogP contribution in [0.15, 0.2) is 0 Å². The van der Waals surface area contributed by atoms with Gasteiger partial charge >= 0.3 is 6.18 Å². The summed E-state index contributed by atoms with van der Waals surface area (Å²) in [6, 6.07) is 0. The molecule has 0 amide bonds. The fraction of sp³-hybridized carbons (Fsp3) is 0.857. The number of hydrogen-bond donors (Lipinski definition) is 1. The van der Waals surface area contributed by atoms with Gasteiger partial charge < -0.3 is 5.11 Å². The highest BCUT2D eigenvalue weighted by Gasteiger charge is 2.39. The first-order chi connectivity index (χ1) is 5.89. The number of β-amino-alcohol motifs (C(OH)–C–C–N with tert-alkyl or cyclic N) is 1. The van der Waals surface area contributed by atoms with E-state index in [2.05, 4.69) is 0 Å². The Bertz CT molecular complexity index is 204. The predicted molar refractivity (Wildman–Crippen MR) is 38.1 cm³/mol. The molecule has 0 aromatic carbocycles. The van der Waals surface area contributed by atoms with Crippen molar-refractivity contribution in [2.24, 2.45) is 0 Å². The number of hydrogen-bond acceptors (Lipinski definition) is 3. The number of aliphatic hydroxyl groups is 1. The first-order valence-corrected chi connectivity index (χ1v) is 3.90. The summed E-state index contributed by atoms with van der Waals surface area (Å²) in [6.07, 6.45) is -4.92. The van der Waals surface area contributed by atoms with Crippen LogP contribution in [0, 0.1) is 0 Å². The normalized spacial score (nSPS) is 25.1. The summed E-state index contributed by atoms with van der Waals surface area (Å²) in [5.74, 6) is -1.75. The molecule has 0 spiro atoms. The number of alkyl halides is 3. The van der Waals surface area contributed by atoms with Crippen LogP contribution in [0.1, 0.15) is 6.42 Å². The molecule has 13 heavy (non-hydrogen) atoms. The number of halogens is 3. The molecule has 0 saturated carbocycles. The maximum Gasteiger partial charge on any atom is 0.451 e. The van der Waals surface area contributed by atoms with Crippen molar-refractivity contribution in [3.63, 3.8) is 0 Å². The zero-order chi connectivity index (χ0) is 10.1. The van der Waals surface area contributed by atoms with Crippen molar-refractivity contribution in [1.29, 1.82) is 0 Å².